The lowest BCUT2D eigenvalue weighted by atomic mass is 9.97. The van der Waals surface area contributed by atoms with E-state index in [-0.39, 0.29) is 16.4 Å². The number of thiophene rings is 1. The van der Waals surface area contributed by atoms with Crippen LogP contribution in [-0.2, 0) is 4.79 Å². The molecule has 0 saturated heterocycles. The van der Waals surface area contributed by atoms with Gasteiger partial charge in [0.05, 0.1) is 31.6 Å². The minimum absolute atomic E-state index is 0.0595. The minimum atomic E-state index is -0.943. The zero-order chi connectivity index (χ0) is 22.4. The van der Waals surface area contributed by atoms with E-state index in [1.165, 1.54) is 40.6 Å². The summed E-state index contributed by atoms with van der Waals surface area (Å²) in [6.45, 7) is 0. The third-order valence-corrected chi connectivity index (χ3v) is 6.86. The van der Waals surface area contributed by atoms with Crippen LogP contribution in [0.1, 0.15) is 21.3 Å². The van der Waals surface area contributed by atoms with Crippen molar-refractivity contribution >= 4 is 55.4 Å². The summed E-state index contributed by atoms with van der Waals surface area (Å²) in [6, 6.07) is 9.97. The van der Waals surface area contributed by atoms with Gasteiger partial charge in [0, 0.05) is 24.5 Å². The van der Waals surface area contributed by atoms with Gasteiger partial charge in [-0.25, -0.2) is 4.98 Å². The quantitative estimate of drug-likeness (QED) is 0.263. The van der Waals surface area contributed by atoms with Crippen LogP contribution in [0.15, 0.2) is 71.6 Å². The lowest BCUT2D eigenvalue weighted by Crippen LogP contribution is -2.31. The summed E-state index contributed by atoms with van der Waals surface area (Å²) in [5.74, 6) is -1.88. The number of fused-ring (bicyclic) bond motifs is 1. The van der Waals surface area contributed by atoms with Crippen molar-refractivity contribution in [2.24, 2.45) is 0 Å². The minimum Gasteiger partial charge on any atom is -0.503 e. The number of hydrogen-bond acceptors (Lipinski definition) is 9. The highest BCUT2D eigenvalue weighted by Gasteiger charge is 2.46. The van der Waals surface area contributed by atoms with Crippen molar-refractivity contribution in [1.82, 2.24) is 9.97 Å². The lowest BCUT2D eigenvalue weighted by molar-refractivity contribution is -0.384. The van der Waals surface area contributed by atoms with Crippen LogP contribution >= 0.6 is 22.7 Å². The number of aliphatic hydroxyl groups is 1. The number of anilines is 1. The van der Waals surface area contributed by atoms with Crippen molar-refractivity contribution < 1.29 is 19.6 Å². The van der Waals surface area contributed by atoms with E-state index in [1.54, 1.807) is 35.8 Å². The van der Waals surface area contributed by atoms with Gasteiger partial charge < -0.3 is 5.11 Å². The maximum absolute atomic E-state index is 13.2. The van der Waals surface area contributed by atoms with E-state index >= 15 is 0 Å². The van der Waals surface area contributed by atoms with Gasteiger partial charge >= 0.3 is 0 Å². The van der Waals surface area contributed by atoms with Gasteiger partial charge in [-0.2, -0.15) is 0 Å². The van der Waals surface area contributed by atoms with Crippen LogP contribution in [0.3, 0.4) is 0 Å². The molecule has 158 valence electrons. The Morgan fingerprint density at radius 3 is 2.75 bits per heavy atom. The van der Waals surface area contributed by atoms with Crippen molar-refractivity contribution in [3.63, 3.8) is 0 Å². The number of benzene rings is 1. The number of ketones is 1. The molecule has 1 N–H and O–H groups in total. The molecule has 0 fully saturated rings. The number of amides is 1. The summed E-state index contributed by atoms with van der Waals surface area (Å²) < 4.78 is 0.504. The van der Waals surface area contributed by atoms with E-state index in [9.17, 15) is 24.8 Å². The summed E-state index contributed by atoms with van der Waals surface area (Å²) in [6.07, 6.45) is 3.08. The Morgan fingerprint density at radius 1 is 1.22 bits per heavy atom. The molecule has 0 saturated carbocycles. The zero-order valence-corrected chi connectivity index (χ0v) is 17.7. The average molecular weight is 464 g/mol. The Hall–Kier alpha value is -3.96. The van der Waals surface area contributed by atoms with Crippen LogP contribution in [-0.4, -0.2) is 31.7 Å². The zero-order valence-electron chi connectivity index (χ0n) is 16.0. The van der Waals surface area contributed by atoms with Crippen LogP contribution in [0.25, 0.3) is 10.2 Å². The van der Waals surface area contributed by atoms with Crippen molar-refractivity contribution in [3.8, 4) is 0 Å². The molecule has 5 rings (SSSR count). The molecule has 0 radical (unpaired) electrons. The molecule has 1 atom stereocenters. The molecule has 32 heavy (non-hydrogen) atoms. The highest BCUT2D eigenvalue weighted by atomic mass is 32.1. The van der Waals surface area contributed by atoms with Gasteiger partial charge in [0.1, 0.15) is 0 Å². The number of non-ortho nitro benzene ring substituents is 1. The van der Waals surface area contributed by atoms with Gasteiger partial charge in [0.2, 0.25) is 5.78 Å². The molecule has 4 aromatic rings. The molecule has 4 heterocycles. The Balaban J connectivity index is 1.66. The molecule has 0 spiro atoms. The number of carbonyl (C=O) groups excluding carboxylic acids is 2. The highest BCUT2D eigenvalue weighted by molar-refractivity contribution is 7.22. The molecule has 0 bridgehead atoms. The second kappa shape index (κ2) is 7.62. The predicted molar refractivity (Wildman–Crippen MR) is 119 cm³/mol. The Bertz CT molecular complexity index is 1410. The van der Waals surface area contributed by atoms with Crippen molar-refractivity contribution in [2.45, 2.75) is 6.04 Å². The first kappa shape index (κ1) is 20.0. The van der Waals surface area contributed by atoms with E-state index in [1.807, 2.05) is 0 Å². The van der Waals surface area contributed by atoms with Crippen molar-refractivity contribution in [3.05, 3.63) is 92.1 Å². The molecular weight excluding hydrogens is 452 g/mol. The highest BCUT2D eigenvalue weighted by Crippen LogP contribution is 2.44. The van der Waals surface area contributed by atoms with E-state index in [2.05, 4.69) is 9.97 Å². The largest absolute Gasteiger partial charge is 0.503 e. The van der Waals surface area contributed by atoms with Crippen LogP contribution < -0.4 is 4.90 Å². The number of nitrogens with zero attached hydrogens (tertiary/aromatic N) is 4. The second-order valence-corrected chi connectivity index (χ2v) is 8.80. The monoisotopic (exact) mass is 464 g/mol. The molecule has 1 aromatic carbocycles. The second-order valence-electron chi connectivity index (χ2n) is 6.84. The van der Waals surface area contributed by atoms with Gasteiger partial charge in [-0.05, 0) is 29.1 Å². The van der Waals surface area contributed by atoms with E-state index in [4.69, 9.17) is 0 Å². The summed E-state index contributed by atoms with van der Waals surface area (Å²) in [7, 11) is 0. The first-order valence-corrected chi connectivity index (χ1v) is 10.9. The number of aromatic nitrogens is 2. The van der Waals surface area contributed by atoms with Gasteiger partial charge in [-0.3, -0.25) is 29.6 Å². The fraction of sp³-hybridized carbons (Fsp3) is 0.0476. The summed E-state index contributed by atoms with van der Waals surface area (Å²) in [5, 5.41) is 23.8. The Morgan fingerprint density at radius 2 is 2.06 bits per heavy atom. The number of hydrogen-bond donors (Lipinski definition) is 1. The first-order valence-electron chi connectivity index (χ1n) is 9.25. The lowest BCUT2D eigenvalue weighted by Gasteiger charge is -2.23. The first-order chi connectivity index (χ1) is 15.5. The molecule has 11 heteroatoms. The molecule has 1 aliphatic rings. The van der Waals surface area contributed by atoms with Gasteiger partial charge in [-0.15, -0.1) is 11.3 Å². The van der Waals surface area contributed by atoms with Crippen LogP contribution in [0, 0.1) is 10.1 Å². The third-order valence-electron chi connectivity index (χ3n) is 4.98. The van der Waals surface area contributed by atoms with E-state index in [0.717, 1.165) is 11.3 Å². The van der Waals surface area contributed by atoms with Crippen LogP contribution in [0.2, 0.25) is 0 Å². The standard InChI is InChI=1S/C21H12N4O5S2/c26-18(14-4-2-8-31-14)16-17(11-3-1-7-22-10-11)24(20(28)19(16)27)21-23-13-6-5-12(25(29)30)9-15(13)32-21/h1-10,17,27H. The fourth-order valence-electron chi connectivity index (χ4n) is 3.55. The molecule has 1 amide bonds. The van der Waals surface area contributed by atoms with Gasteiger partial charge in [-0.1, -0.05) is 23.5 Å². The van der Waals surface area contributed by atoms with Crippen molar-refractivity contribution in [2.75, 3.05) is 4.90 Å². The maximum Gasteiger partial charge on any atom is 0.296 e. The topological polar surface area (TPSA) is 127 Å². The summed E-state index contributed by atoms with van der Waals surface area (Å²) >= 11 is 2.27. The number of nitro benzene ring substituents is 1. The number of rotatable bonds is 5. The average Bonchev–Trinajstić information content (AvgIpc) is 3.52. The number of thiazole rings is 1. The number of Topliss-reactive ketones (excluding diaryl/α,β-unsaturated/α-hetero) is 1. The molecule has 1 aliphatic heterocycles. The molecule has 3 aromatic heterocycles. The summed E-state index contributed by atoms with van der Waals surface area (Å²) in [5.41, 5.74) is 0.829. The SMILES string of the molecule is O=C(C1=C(O)C(=O)N(c2nc3ccc([N+](=O)[O-])cc3s2)C1c1cccnc1)c1cccs1. The normalized spacial score (nSPS) is 16.2. The maximum atomic E-state index is 13.2. The molecular formula is C21H12N4O5S2. The predicted octanol–water partition coefficient (Wildman–Crippen LogP) is 4.44. The van der Waals surface area contributed by atoms with Crippen LogP contribution in [0.4, 0.5) is 10.8 Å². The van der Waals surface area contributed by atoms with Gasteiger partial charge in [0.15, 0.2) is 10.9 Å². The third kappa shape index (κ3) is 3.15. The fourth-order valence-corrected chi connectivity index (χ4v) is 5.25. The number of nitro groups is 1. The van der Waals surface area contributed by atoms with Gasteiger partial charge in [0.25, 0.3) is 11.6 Å². The van der Waals surface area contributed by atoms with E-state index in [0.29, 0.717) is 20.7 Å². The Kier molecular flexibility index (Phi) is 4.76. The Labute approximate surface area is 188 Å². The smallest absolute Gasteiger partial charge is 0.296 e. The number of pyridine rings is 1. The van der Waals surface area contributed by atoms with Crippen LogP contribution in [0.5, 0.6) is 0 Å². The molecule has 9 nitrogen and oxygen atoms in total. The molecule has 0 aliphatic carbocycles. The molecule has 1 unspecified atom stereocenters. The summed E-state index contributed by atoms with van der Waals surface area (Å²) in [4.78, 5) is 47.1. The number of aliphatic hydroxyl groups excluding tert-OH is 1. The van der Waals surface area contributed by atoms with Crippen molar-refractivity contribution in [1.29, 1.82) is 0 Å². The van der Waals surface area contributed by atoms with E-state index < -0.39 is 28.4 Å². The number of carbonyl (C=O) groups is 2.